The fourth-order valence-corrected chi connectivity index (χ4v) is 2.04. The molecule has 2 rings (SSSR count). The first-order valence-corrected chi connectivity index (χ1v) is 6.95. The highest BCUT2D eigenvalue weighted by molar-refractivity contribution is 6.13. The van der Waals surface area contributed by atoms with Gasteiger partial charge in [-0.3, -0.25) is 14.6 Å². The number of Topliss-reactive ketones (excluding diaryl/α,β-unsaturated/α-hetero) is 2. The molecule has 0 amide bonds. The van der Waals surface area contributed by atoms with Gasteiger partial charge in [0.05, 0.1) is 6.42 Å². The Morgan fingerprint density at radius 3 is 1.81 bits per heavy atom. The van der Waals surface area contributed by atoms with Crippen molar-refractivity contribution in [2.75, 3.05) is 0 Å². The van der Waals surface area contributed by atoms with E-state index in [1.54, 1.807) is 36.7 Å². The number of carbonyl (C=O) groups is 2. The molecule has 3 heteroatoms. The van der Waals surface area contributed by atoms with Crippen molar-refractivity contribution < 1.29 is 9.59 Å². The Morgan fingerprint density at radius 2 is 1.33 bits per heavy atom. The Hall–Kier alpha value is -2.29. The van der Waals surface area contributed by atoms with Crippen molar-refractivity contribution >= 4 is 11.6 Å². The molecule has 2 aromatic rings. The molecule has 0 fully saturated rings. The summed E-state index contributed by atoms with van der Waals surface area (Å²) in [4.78, 5) is 28.0. The van der Waals surface area contributed by atoms with Crippen molar-refractivity contribution in [3.05, 3.63) is 65.5 Å². The maximum absolute atomic E-state index is 12.2. The van der Waals surface area contributed by atoms with E-state index in [0.29, 0.717) is 11.1 Å². The molecule has 0 radical (unpaired) electrons. The molecule has 0 saturated heterocycles. The summed E-state index contributed by atoms with van der Waals surface area (Å²) in [6.45, 7) is 6.37. The van der Waals surface area contributed by atoms with E-state index < -0.39 is 0 Å². The highest BCUT2D eigenvalue weighted by atomic mass is 16.1. The molecule has 1 aromatic carbocycles. The molecule has 1 aromatic heterocycles. The van der Waals surface area contributed by atoms with Crippen molar-refractivity contribution in [1.29, 1.82) is 0 Å². The van der Waals surface area contributed by atoms with Gasteiger partial charge in [0.2, 0.25) is 0 Å². The molecule has 0 saturated carbocycles. The predicted molar refractivity (Wildman–Crippen MR) is 82.7 cm³/mol. The zero-order valence-electron chi connectivity index (χ0n) is 12.6. The third-order valence-electron chi connectivity index (χ3n) is 3.40. The molecular formula is C18H19NO2. The van der Waals surface area contributed by atoms with Crippen LogP contribution in [0.3, 0.4) is 0 Å². The zero-order chi connectivity index (χ0) is 15.5. The van der Waals surface area contributed by atoms with E-state index in [9.17, 15) is 9.59 Å². The predicted octanol–water partition coefficient (Wildman–Crippen LogP) is 3.83. The summed E-state index contributed by atoms with van der Waals surface area (Å²) >= 11 is 0. The van der Waals surface area contributed by atoms with Crippen molar-refractivity contribution in [2.24, 2.45) is 0 Å². The van der Waals surface area contributed by atoms with E-state index in [-0.39, 0.29) is 23.4 Å². The number of hydrogen-bond donors (Lipinski definition) is 0. The van der Waals surface area contributed by atoms with Gasteiger partial charge >= 0.3 is 0 Å². The normalized spacial score (nSPS) is 11.2. The molecule has 0 aliphatic heterocycles. The minimum Gasteiger partial charge on any atom is -0.294 e. The minimum absolute atomic E-state index is 0.0500. The summed E-state index contributed by atoms with van der Waals surface area (Å²) < 4.78 is 0. The van der Waals surface area contributed by atoms with Gasteiger partial charge in [0, 0.05) is 23.5 Å². The quantitative estimate of drug-likeness (QED) is 0.632. The van der Waals surface area contributed by atoms with Gasteiger partial charge in [-0.25, -0.2) is 0 Å². The van der Waals surface area contributed by atoms with Crippen LogP contribution in [0, 0.1) is 0 Å². The number of carbonyl (C=O) groups excluding carboxylic acids is 2. The Bertz CT molecular complexity index is 637. The van der Waals surface area contributed by atoms with E-state index >= 15 is 0 Å². The number of hydrogen-bond acceptors (Lipinski definition) is 3. The first-order chi connectivity index (χ1) is 9.88. The molecule has 0 spiro atoms. The van der Waals surface area contributed by atoms with Crippen LogP contribution in [0.1, 0.15) is 53.5 Å². The summed E-state index contributed by atoms with van der Waals surface area (Å²) in [6, 6.07) is 10.7. The summed E-state index contributed by atoms with van der Waals surface area (Å²) in [5.41, 5.74) is 2.31. The van der Waals surface area contributed by atoms with Crippen LogP contribution in [0.4, 0.5) is 0 Å². The fourth-order valence-electron chi connectivity index (χ4n) is 2.04. The maximum atomic E-state index is 12.2. The number of ketones is 2. The lowest BCUT2D eigenvalue weighted by Gasteiger charge is -2.18. The van der Waals surface area contributed by atoms with Gasteiger partial charge in [-0.05, 0) is 23.1 Å². The Kier molecular flexibility index (Phi) is 4.32. The van der Waals surface area contributed by atoms with Crippen molar-refractivity contribution in [3.63, 3.8) is 0 Å². The van der Waals surface area contributed by atoms with Gasteiger partial charge in [-0.15, -0.1) is 0 Å². The van der Waals surface area contributed by atoms with Crippen LogP contribution in [0.5, 0.6) is 0 Å². The third kappa shape index (κ3) is 3.85. The van der Waals surface area contributed by atoms with Crippen molar-refractivity contribution in [3.8, 4) is 0 Å². The lowest BCUT2D eigenvalue weighted by Crippen LogP contribution is -2.12. The van der Waals surface area contributed by atoms with Gasteiger partial charge in [0.1, 0.15) is 0 Å². The first kappa shape index (κ1) is 15.1. The molecule has 0 atom stereocenters. The van der Waals surface area contributed by atoms with Crippen LogP contribution in [-0.2, 0) is 5.41 Å². The molecule has 0 aliphatic carbocycles. The molecule has 0 bridgehead atoms. The van der Waals surface area contributed by atoms with Crippen LogP contribution < -0.4 is 0 Å². The van der Waals surface area contributed by atoms with E-state index in [2.05, 4.69) is 25.8 Å². The van der Waals surface area contributed by atoms with Crippen LogP contribution >= 0.6 is 0 Å². The number of pyridine rings is 1. The number of benzene rings is 1. The Morgan fingerprint density at radius 1 is 0.857 bits per heavy atom. The lowest BCUT2D eigenvalue weighted by molar-refractivity contribution is 0.0894. The van der Waals surface area contributed by atoms with Gasteiger partial charge in [0.15, 0.2) is 11.6 Å². The standard InChI is InChI=1S/C18H19NO2/c1-18(2,3)15-6-4-13(5-7-15)16(20)12-17(21)14-8-10-19-11-9-14/h4-11H,12H2,1-3H3. The summed E-state index contributed by atoms with van der Waals surface area (Å²) in [5, 5.41) is 0. The lowest BCUT2D eigenvalue weighted by atomic mass is 9.86. The second-order valence-corrected chi connectivity index (χ2v) is 6.09. The first-order valence-electron chi connectivity index (χ1n) is 6.95. The molecule has 108 valence electrons. The van der Waals surface area contributed by atoms with Gasteiger partial charge in [-0.1, -0.05) is 45.0 Å². The number of aromatic nitrogens is 1. The second-order valence-electron chi connectivity index (χ2n) is 6.09. The van der Waals surface area contributed by atoms with E-state index in [1.165, 1.54) is 5.56 Å². The zero-order valence-corrected chi connectivity index (χ0v) is 12.6. The van der Waals surface area contributed by atoms with Gasteiger partial charge < -0.3 is 0 Å². The highest BCUT2D eigenvalue weighted by Gasteiger charge is 2.16. The summed E-state index contributed by atoms with van der Waals surface area (Å²) in [7, 11) is 0. The van der Waals surface area contributed by atoms with Crippen LogP contribution in [0.25, 0.3) is 0 Å². The molecule has 1 heterocycles. The number of rotatable bonds is 4. The van der Waals surface area contributed by atoms with E-state index in [0.717, 1.165) is 0 Å². The monoisotopic (exact) mass is 281 g/mol. The van der Waals surface area contributed by atoms with Crippen molar-refractivity contribution in [2.45, 2.75) is 32.6 Å². The molecule has 0 aliphatic rings. The van der Waals surface area contributed by atoms with Crippen molar-refractivity contribution in [1.82, 2.24) is 4.98 Å². The molecule has 0 N–H and O–H groups in total. The van der Waals surface area contributed by atoms with Gasteiger partial charge in [-0.2, -0.15) is 0 Å². The Balaban J connectivity index is 2.09. The second kappa shape index (κ2) is 6.00. The summed E-state index contributed by atoms with van der Waals surface area (Å²) in [6.07, 6.45) is 2.99. The fraction of sp³-hybridized carbons (Fsp3) is 0.278. The average molecular weight is 281 g/mol. The topological polar surface area (TPSA) is 47.0 Å². The number of nitrogens with zero attached hydrogens (tertiary/aromatic N) is 1. The van der Waals surface area contributed by atoms with E-state index in [1.807, 2.05) is 12.1 Å². The molecule has 3 nitrogen and oxygen atoms in total. The SMILES string of the molecule is CC(C)(C)c1ccc(C(=O)CC(=O)c2ccncc2)cc1. The maximum Gasteiger partial charge on any atom is 0.170 e. The van der Waals surface area contributed by atoms with Gasteiger partial charge in [0.25, 0.3) is 0 Å². The van der Waals surface area contributed by atoms with E-state index in [4.69, 9.17) is 0 Å². The molecule has 0 unspecified atom stereocenters. The molecular weight excluding hydrogens is 262 g/mol. The minimum atomic E-state index is -0.178. The largest absolute Gasteiger partial charge is 0.294 e. The molecule has 21 heavy (non-hydrogen) atoms. The van der Waals surface area contributed by atoms with Crippen LogP contribution in [0.15, 0.2) is 48.8 Å². The average Bonchev–Trinajstić information content (AvgIpc) is 2.47. The van der Waals surface area contributed by atoms with Crippen LogP contribution in [0.2, 0.25) is 0 Å². The third-order valence-corrected chi connectivity index (χ3v) is 3.40. The van der Waals surface area contributed by atoms with Crippen LogP contribution in [-0.4, -0.2) is 16.6 Å². The smallest absolute Gasteiger partial charge is 0.170 e. The summed E-state index contributed by atoms with van der Waals surface area (Å²) in [5.74, 6) is -0.334. The highest BCUT2D eigenvalue weighted by Crippen LogP contribution is 2.22. The Labute approximate surface area is 125 Å².